The summed E-state index contributed by atoms with van der Waals surface area (Å²) in [6, 6.07) is 3.84. The number of rotatable bonds is 9. The molecule has 0 unspecified atom stereocenters. The Labute approximate surface area is 155 Å². The molecule has 7 heteroatoms. The van der Waals surface area contributed by atoms with E-state index in [2.05, 4.69) is 20.5 Å². The molecule has 2 aromatic rings. The van der Waals surface area contributed by atoms with Crippen molar-refractivity contribution < 1.29 is 5.11 Å². The molecule has 3 rings (SSSR count). The van der Waals surface area contributed by atoms with Gasteiger partial charge in [-0.05, 0) is 53.3 Å². The van der Waals surface area contributed by atoms with Gasteiger partial charge in [0.25, 0.3) is 0 Å². The first kappa shape index (κ1) is 18.9. The van der Waals surface area contributed by atoms with Crippen molar-refractivity contribution in [1.82, 2.24) is 25.2 Å². The number of aromatic nitrogens is 5. The number of pyridine rings is 1. The van der Waals surface area contributed by atoms with Crippen LogP contribution < -0.4 is 5.73 Å². The van der Waals surface area contributed by atoms with E-state index < -0.39 is 6.10 Å². The van der Waals surface area contributed by atoms with Gasteiger partial charge in [0.05, 0.1) is 6.10 Å². The molecule has 0 amide bonds. The maximum absolute atomic E-state index is 10.4. The summed E-state index contributed by atoms with van der Waals surface area (Å²) in [5, 5.41) is 22.4. The van der Waals surface area contributed by atoms with Crippen LogP contribution in [0.15, 0.2) is 24.5 Å². The second kappa shape index (κ2) is 9.73. The summed E-state index contributed by atoms with van der Waals surface area (Å²) in [5.41, 5.74) is 7.45. The minimum Gasteiger partial charge on any atom is -0.392 e. The predicted molar refractivity (Wildman–Crippen MR) is 99.3 cm³/mol. The molecule has 2 heterocycles. The summed E-state index contributed by atoms with van der Waals surface area (Å²) >= 11 is 0. The highest BCUT2D eigenvalue weighted by Crippen LogP contribution is 2.27. The normalized spacial score (nSPS) is 17.9. The smallest absolute Gasteiger partial charge is 0.151 e. The molecule has 0 aliphatic heterocycles. The molecule has 1 aliphatic rings. The van der Waals surface area contributed by atoms with Crippen LogP contribution in [0, 0.1) is 5.92 Å². The van der Waals surface area contributed by atoms with E-state index in [-0.39, 0.29) is 6.04 Å². The van der Waals surface area contributed by atoms with E-state index in [4.69, 9.17) is 5.73 Å². The van der Waals surface area contributed by atoms with Crippen LogP contribution in [0.1, 0.15) is 56.3 Å². The van der Waals surface area contributed by atoms with Crippen LogP contribution in [0.5, 0.6) is 0 Å². The van der Waals surface area contributed by atoms with E-state index in [0.29, 0.717) is 18.8 Å². The van der Waals surface area contributed by atoms with Crippen molar-refractivity contribution in [3.8, 4) is 0 Å². The highest BCUT2D eigenvalue weighted by molar-refractivity contribution is 5.09. The second-order valence-corrected chi connectivity index (χ2v) is 7.43. The summed E-state index contributed by atoms with van der Waals surface area (Å²) < 4.78 is 1.82. The maximum atomic E-state index is 10.4. The highest BCUT2D eigenvalue weighted by Gasteiger charge is 2.22. The zero-order chi connectivity index (χ0) is 18.2. The van der Waals surface area contributed by atoms with Crippen LogP contribution in [0.3, 0.4) is 0 Å². The molecule has 2 atom stereocenters. The lowest BCUT2D eigenvalue weighted by Gasteiger charge is -2.27. The Kier molecular flexibility index (Phi) is 7.08. The molecule has 26 heavy (non-hydrogen) atoms. The summed E-state index contributed by atoms with van der Waals surface area (Å²) in [6.45, 7) is 0.719. The number of aliphatic hydroxyl groups excluding tert-OH is 1. The molecule has 7 nitrogen and oxygen atoms in total. The molecule has 0 saturated heterocycles. The fourth-order valence-corrected chi connectivity index (χ4v) is 3.82. The number of tetrazole rings is 1. The quantitative estimate of drug-likeness (QED) is 0.710. The number of aliphatic hydroxyl groups is 1. The molecular weight excluding hydrogens is 328 g/mol. The van der Waals surface area contributed by atoms with Crippen molar-refractivity contribution in [2.24, 2.45) is 11.7 Å². The lowest BCUT2D eigenvalue weighted by atomic mass is 9.83. The molecular formula is C19H30N6O. The van der Waals surface area contributed by atoms with Crippen LogP contribution in [-0.2, 0) is 19.4 Å². The summed E-state index contributed by atoms with van der Waals surface area (Å²) in [5.74, 6) is 1.49. The molecule has 1 aliphatic carbocycles. The Morgan fingerprint density at radius 3 is 2.69 bits per heavy atom. The fraction of sp³-hybridized carbons (Fsp3) is 0.684. The van der Waals surface area contributed by atoms with Crippen LogP contribution in [-0.4, -0.2) is 42.4 Å². The van der Waals surface area contributed by atoms with Crippen LogP contribution in [0.25, 0.3) is 0 Å². The largest absolute Gasteiger partial charge is 0.392 e. The van der Waals surface area contributed by atoms with Gasteiger partial charge in [0, 0.05) is 31.4 Å². The number of nitrogens with zero attached hydrogens (tertiary/aromatic N) is 5. The number of aryl methyl sites for hydroxylation is 3. The summed E-state index contributed by atoms with van der Waals surface area (Å²) in [6.07, 6.45) is 12.6. The molecule has 3 N–H and O–H groups in total. The van der Waals surface area contributed by atoms with Gasteiger partial charge in [-0.3, -0.25) is 4.98 Å². The molecule has 0 bridgehead atoms. The van der Waals surface area contributed by atoms with E-state index in [9.17, 15) is 5.11 Å². The Hall–Kier alpha value is -1.86. The van der Waals surface area contributed by atoms with Gasteiger partial charge in [0.15, 0.2) is 5.82 Å². The molecule has 0 spiro atoms. The SMILES string of the molecule is N[C@@H](CC1CCCCC1)[C@@H](O)CCc1nnnn1CCc1ccncc1. The lowest BCUT2D eigenvalue weighted by molar-refractivity contribution is 0.117. The van der Waals surface area contributed by atoms with Gasteiger partial charge in [-0.1, -0.05) is 32.1 Å². The topological polar surface area (TPSA) is 103 Å². The molecule has 0 aromatic carbocycles. The van der Waals surface area contributed by atoms with Gasteiger partial charge >= 0.3 is 0 Å². The van der Waals surface area contributed by atoms with Crippen LogP contribution >= 0.6 is 0 Å². The third kappa shape index (κ3) is 5.57. The van der Waals surface area contributed by atoms with E-state index >= 15 is 0 Å². The third-order valence-corrected chi connectivity index (χ3v) is 5.46. The maximum Gasteiger partial charge on any atom is 0.151 e. The summed E-state index contributed by atoms with van der Waals surface area (Å²) in [4.78, 5) is 4.03. The summed E-state index contributed by atoms with van der Waals surface area (Å²) in [7, 11) is 0. The third-order valence-electron chi connectivity index (χ3n) is 5.46. The lowest BCUT2D eigenvalue weighted by Crippen LogP contribution is -2.37. The first-order valence-corrected chi connectivity index (χ1v) is 9.80. The van der Waals surface area contributed by atoms with E-state index in [1.54, 1.807) is 12.4 Å². The van der Waals surface area contributed by atoms with Gasteiger partial charge < -0.3 is 10.8 Å². The van der Waals surface area contributed by atoms with Crippen molar-refractivity contribution in [3.05, 3.63) is 35.9 Å². The number of hydrogen-bond donors (Lipinski definition) is 2. The first-order valence-electron chi connectivity index (χ1n) is 9.80. The van der Waals surface area contributed by atoms with Gasteiger partial charge in [-0.15, -0.1) is 5.10 Å². The van der Waals surface area contributed by atoms with E-state index in [1.807, 2.05) is 16.8 Å². The minimum absolute atomic E-state index is 0.153. The average Bonchev–Trinajstić information content (AvgIpc) is 3.13. The zero-order valence-electron chi connectivity index (χ0n) is 15.4. The molecule has 2 aromatic heterocycles. The van der Waals surface area contributed by atoms with Gasteiger partial charge in [-0.2, -0.15) is 0 Å². The Balaban J connectivity index is 1.44. The number of nitrogens with two attached hydrogens (primary N) is 1. The Bertz CT molecular complexity index is 640. The van der Waals surface area contributed by atoms with Crippen molar-refractivity contribution in [2.75, 3.05) is 0 Å². The van der Waals surface area contributed by atoms with E-state index in [1.165, 1.54) is 37.7 Å². The van der Waals surface area contributed by atoms with Gasteiger partial charge in [-0.25, -0.2) is 4.68 Å². The van der Waals surface area contributed by atoms with E-state index in [0.717, 1.165) is 25.2 Å². The van der Waals surface area contributed by atoms with Crippen LogP contribution in [0.4, 0.5) is 0 Å². The van der Waals surface area contributed by atoms with Crippen molar-refractivity contribution in [3.63, 3.8) is 0 Å². The second-order valence-electron chi connectivity index (χ2n) is 7.43. The van der Waals surface area contributed by atoms with Crippen LogP contribution in [0.2, 0.25) is 0 Å². The monoisotopic (exact) mass is 358 g/mol. The molecule has 1 fully saturated rings. The minimum atomic E-state index is -0.498. The first-order chi connectivity index (χ1) is 12.7. The Morgan fingerprint density at radius 1 is 1.15 bits per heavy atom. The Morgan fingerprint density at radius 2 is 1.92 bits per heavy atom. The highest BCUT2D eigenvalue weighted by atomic mass is 16.3. The average molecular weight is 358 g/mol. The van der Waals surface area contributed by atoms with Crippen molar-refractivity contribution >= 4 is 0 Å². The fourth-order valence-electron chi connectivity index (χ4n) is 3.82. The van der Waals surface area contributed by atoms with Crippen molar-refractivity contribution in [2.45, 2.75) is 76.5 Å². The molecule has 0 radical (unpaired) electrons. The zero-order valence-corrected chi connectivity index (χ0v) is 15.4. The number of hydrogen-bond acceptors (Lipinski definition) is 6. The standard InChI is InChI=1S/C19H30N6O/c20-17(14-16-4-2-1-3-5-16)18(26)6-7-19-22-23-24-25(19)13-10-15-8-11-21-12-9-15/h8-9,11-12,16-18,26H,1-7,10,13-14,20H2/t17-,18-/m0/s1. The molecule has 142 valence electrons. The predicted octanol–water partition coefficient (Wildman–Crippen LogP) is 1.90. The molecule has 1 saturated carbocycles. The van der Waals surface area contributed by atoms with Crippen molar-refractivity contribution in [1.29, 1.82) is 0 Å². The van der Waals surface area contributed by atoms with Gasteiger partial charge in [0.1, 0.15) is 0 Å². The van der Waals surface area contributed by atoms with Gasteiger partial charge in [0.2, 0.25) is 0 Å².